The summed E-state index contributed by atoms with van der Waals surface area (Å²) in [5.74, 6) is 4.40. The smallest absolute Gasteiger partial charge is 0.407 e. The fourth-order valence-corrected chi connectivity index (χ4v) is 1.50. The molecule has 2 amide bonds. The average molecular weight is 275 g/mol. The predicted molar refractivity (Wildman–Crippen MR) is 70.9 cm³/mol. The third kappa shape index (κ3) is 7.63. The standard InChI is InChI=1S/C12H25N3O4/c1-7(2)6-8(9(16)10(17)15-13)14-11(18)19-12(3,4)5/h7-9,16H,6,13H2,1-5H3,(H,14,18)(H,15,17)/t8-,9?/m0/s1. The van der Waals surface area contributed by atoms with Crippen LogP contribution in [0, 0.1) is 5.92 Å². The monoisotopic (exact) mass is 275 g/mol. The van der Waals surface area contributed by atoms with Crippen molar-refractivity contribution in [2.45, 2.75) is 58.8 Å². The van der Waals surface area contributed by atoms with Gasteiger partial charge in [-0.3, -0.25) is 10.2 Å². The number of amides is 2. The minimum absolute atomic E-state index is 0.181. The Labute approximate surface area is 113 Å². The molecular formula is C12H25N3O4. The number of alkyl carbamates (subject to hydrolysis) is 1. The van der Waals surface area contributed by atoms with Gasteiger partial charge in [-0.25, -0.2) is 10.6 Å². The van der Waals surface area contributed by atoms with Gasteiger partial charge in [0.25, 0.3) is 5.91 Å². The molecule has 0 aliphatic carbocycles. The second-order valence-electron chi connectivity index (χ2n) is 5.84. The Kier molecular flexibility index (Phi) is 6.78. The molecule has 0 radical (unpaired) electrons. The van der Waals surface area contributed by atoms with E-state index in [-0.39, 0.29) is 5.92 Å². The Hall–Kier alpha value is -1.34. The number of hydrogen-bond donors (Lipinski definition) is 4. The van der Waals surface area contributed by atoms with Gasteiger partial charge in [-0.1, -0.05) is 13.8 Å². The van der Waals surface area contributed by atoms with Crippen LogP contribution in [0.15, 0.2) is 0 Å². The zero-order valence-electron chi connectivity index (χ0n) is 12.2. The van der Waals surface area contributed by atoms with E-state index in [1.54, 1.807) is 20.8 Å². The first-order chi connectivity index (χ1) is 8.56. The predicted octanol–water partition coefficient (Wildman–Crippen LogP) is 0.277. The molecule has 0 aromatic carbocycles. The fraction of sp³-hybridized carbons (Fsp3) is 0.833. The summed E-state index contributed by atoms with van der Waals surface area (Å²) in [6.07, 6.45) is -1.67. The Bertz CT molecular complexity index is 313. The Balaban J connectivity index is 4.68. The Morgan fingerprint density at radius 3 is 2.21 bits per heavy atom. The number of hydrogen-bond acceptors (Lipinski definition) is 5. The molecule has 7 heteroatoms. The van der Waals surface area contributed by atoms with Crippen molar-refractivity contribution >= 4 is 12.0 Å². The van der Waals surface area contributed by atoms with Crippen molar-refractivity contribution in [2.75, 3.05) is 0 Å². The van der Waals surface area contributed by atoms with E-state index >= 15 is 0 Å². The van der Waals surface area contributed by atoms with Crippen molar-refractivity contribution in [3.63, 3.8) is 0 Å². The molecule has 0 saturated carbocycles. The van der Waals surface area contributed by atoms with Crippen LogP contribution in [-0.2, 0) is 9.53 Å². The molecule has 112 valence electrons. The van der Waals surface area contributed by atoms with Gasteiger partial charge < -0.3 is 15.2 Å². The maximum atomic E-state index is 11.7. The van der Waals surface area contributed by atoms with E-state index in [0.29, 0.717) is 6.42 Å². The van der Waals surface area contributed by atoms with E-state index in [9.17, 15) is 14.7 Å². The van der Waals surface area contributed by atoms with Gasteiger partial charge in [0, 0.05) is 0 Å². The molecule has 2 atom stereocenters. The second-order valence-corrected chi connectivity index (χ2v) is 5.84. The molecule has 0 heterocycles. The van der Waals surface area contributed by atoms with Gasteiger partial charge in [-0.05, 0) is 33.1 Å². The van der Waals surface area contributed by atoms with Gasteiger partial charge in [0.2, 0.25) is 0 Å². The topological polar surface area (TPSA) is 114 Å². The molecular weight excluding hydrogens is 250 g/mol. The van der Waals surface area contributed by atoms with Crippen LogP contribution in [0.2, 0.25) is 0 Å². The summed E-state index contributed by atoms with van der Waals surface area (Å²) < 4.78 is 5.09. The number of hydrazine groups is 1. The lowest BCUT2D eigenvalue weighted by atomic mass is 9.99. The van der Waals surface area contributed by atoms with Gasteiger partial charge in [-0.2, -0.15) is 0 Å². The number of ether oxygens (including phenoxy) is 1. The molecule has 19 heavy (non-hydrogen) atoms. The molecule has 0 spiro atoms. The normalized spacial score (nSPS) is 14.7. The molecule has 0 aromatic rings. The van der Waals surface area contributed by atoms with Gasteiger partial charge in [0.1, 0.15) is 5.60 Å². The Morgan fingerprint density at radius 2 is 1.84 bits per heavy atom. The molecule has 7 nitrogen and oxygen atoms in total. The van der Waals surface area contributed by atoms with E-state index < -0.39 is 29.7 Å². The van der Waals surface area contributed by atoms with Crippen molar-refractivity contribution in [1.82, 2.24) is 10.7 Å². The highest BCUT2D eigenvalue weighted by Gasteiger charge is 2.29. The summed E-state index contributed by atoms with van der Waals surface area (Å²) in [6.45, 7) is 9.01. The number of nitrogens with two attached hydrogens (primary N) is 1. The van der Waals surface area contributed by atoms with E-state index in [1.165, 1.54) is 0 Å². The molecule has 0 aliphatic rings. The number of nitrogens with one attached hydrogen (secondary N) is 2. The van der Waals surface area contributed by atoms with Crippen molar-refractivity contribution in [3.05, 3.63) is 0 Å². The van der Waals surface area contributed by atoms with Crippen LogP contribution in [0.1, 0.15) is 41.0 Å². The minimum Gasteiger partial charge on any atom is -0.444 e. The number of aliphatic hydroxyl groups is 1. The highest BCUT2D eigenvalue weighted by Crippen LogP contribution is 2.11. The zero-order valence-corrected chi connectivity index (χ0v) is 12.2. The fourth-order valence-electron chi connectivity index (χ4n) is 1.50. The first-order valence-corrected chi connectivity index (χ1v) is 6.25. The van der Waals surface area contributed by atoms with Crippen LogP contribution in [0.5, 0.6) is 0 Å². The molecule has 0 saturated heterocycles. The van der Waals surface area contributed by atoms with Crippen molar-refractivity contribution in [2.24, 2.45) is 11.8 Å². The lowest BCUT2D eigenvalue weighted by Gasteiger charge is -2.26. The van der Waals surface area contributed by atoms with Crippen LogP contribution in [0.25, 0.3) is 0 Å². The van der Waals surface area contributed by atoms with Crippen molar-refractivity contribution in [3.8, 4) is 0 Å². The summed E-state index contributed by atoms with van der Waals surface area (Å²) in [4.78, 5) is 23.0. The molecule has 0 aromatic heterocycles. The molecule has 0 aliphatic heterocycles. The second kappa shape index (κ2) is 7.30. The quantitative estimate of drug-likeness (QED) is 0.327. The van der Waals surface area contributed by atoms with Crippen LogP contribution in [0.3, 0.4) is 0 Å². The first-order valence-electron chi connectivity index (χ1n) is 6.25. The van der Waals surface area contributed by atoms with Crippen LogP contribution in [0.4, 0.5) is 4.79 Å². The van der Waals surface area contributed by atoms with Gasteiger partial charge >= 0.3 is 6.09 Å². The van der Waals surface area contributed by atoms with Crippen molar-refractivity contribution in [1.29, 1.82) is 0 Å². The SMILES string of the molecule is CC(C)C[C@H](NC(=O)OC(C)(C)C)C(O)C(=O)NN. The highest BCUT2D eigenvalue weighted by molar-refractivity contribution is 5.81. The molecule has 1 unspecified atom stereocenters. The zero-order chi connectivity index (χ0) is 15.2. The van der Waals surface area contributed by atoms with E-state index in [1.807, 2.05) is 19.3 Å². The summed E-state index contributed by atoms with van der Waals surface area (Å²) in [5, 5.41) is 12.3. The summed E-state index contributed by atoms with van der Waals surface area (Å²) in [7, 11) is 0. The molecule has 5 N–H and O–H groups in total. The highest BCUT2D eigenvalue weighted by atomic mass is 16.6. The summed E-state index contributed by atoms with van der Waals surface area (Å²) in [6, 6.07) is -0.751. The van der Waals surface area contributed by atoms with Crippen LogP contribution in [-0.4, -0.2) is 34.9 Å². The Morgan fingerprint density at radius 1 is 1.32 bits per heavy atom. The molecule has 0 fully saturated rings. The summed E-state index contributed by atoms with van der Waals surface area (Å²) in [5.41, 5.74) is 1.21. The van der Waals surface area contributed by atoms with Gasteiger partial charge in [0.05, 0.1) is 6.04 Å². The maximum absolute atomic E-state index is 11.7. The molecule has 0 rings (SSSR count). The van der Waals surface area contributed by atoms with E-state index in [0.717, 1.165) is 0 Å². The molecule has 0 bridgehead atoms. The van der Waals surface area contributed by atoms with Crippen LogP contribution < -0.4 is 16.6 Å². The van der Waals surface area contributed by atoms with Gasteiger partial charge in [-0.15, -0.1) is 0 Å². The van der Waals surface area contributed by atoms with Crippen LogP contribution >= 0.6 is 0 Å². The van der Waals surface area contributed by atoms with Crippen molar-refractivity contribution < 1.29 is 19.4 Å². The number of carbonyl (C=O) groups excluding carboxylic acids is 2. The lowest BCUT2D eigenvalue weighted by molar-refractivity contribution is -0.131. The lowest BCUT2D eigenvalue weighted by Crippen LogP contribution is -2.53. The summed E-state index contributed by atoms with van der Waals surface area (Å²) >= 11 is 0. The number of carbonyl (C=O) groups is 2. The number of aliphatic hydroxyl groups excluding tert-OH is 1. The third-order valence-corrected chi connectivity index (χ3v) is 2.22. The number of rotatable bonds is 5. The maximum Gasteiger partial charge on any atom is 0.407 e. The van der Waals surface area contributed by atoms with E-state index in [4.69, 9.17) is 10.6 Å². The third-order valence-electron chi connectivity index (χ3n) is 2.22. The minimum atomic E-state index is -1.42. The van der Waals surface area contributed by atoms with Gasteiger partial charge in [0.15, 0.2) is 6.10 Å². The largest absolute Gasteiger partial charge is 0.444 e. The van der Waals surface area contributed by atoms with E-state index in [2.05, 4.69) is 5.32 Å². The average Bonchev–Trinajstić information content (AvgIpc) is 2.22. The first kappa shape index (κ1) is 17.7.